The second-order valence-electron chi connectivity index (χ2n) is 6.30. The fourth-order valence-electron chi connectivity index (χ4n) is 2.80. The lowest BCUT2D eigenvalue weighted by Gasteiger charge is -2.14. The summed E-state index contributed by atoms with van der Waals surface area (Å²) < 4.78 is 10.8. The van der Waals surface area contributed by atoms with Crippen molar-refractivity contribution in [2.24, 2.45) is 0 Å². The summed E-state index contributed by atoms with van der Waals surface area (Å²) in [5, 5.41) is 8.79. The third kappa shape index (κ3) is 5.08. The number of ether oxygens (including phenoxy) is 2. The summed E-state index contributed by atoms with van der Waals surface area (Å²) >= 11 is 1.68. The summed E-state index contributed by atoms with van der Waals surface area (Å²) in [6.45, 7) is 1.53. The molecular weight excluding hydrogens is 372 g/mol. The normalized spacial score (nSPS) is 10.5. The lowest BCUT2D eigenvalue weighted by atomic mass is 10.0. The summed E-state index contributed by atoms with van der Waals surface area (Å²) in [4.78, 5) is 11.7. The van der Waals surface area contributed by atoms with Gasteiger partial charge in [-0.05, 0) is 35.2 Å². The number of carboxylic acid groups (broad SMARTS) is 1. The third-order valence-corrected chi connectivity index (χ3v) is 5.38. The molecule has 0 bridgehead atoms. The van der Waals surface area contributed by atoms with Gasteiger partial charge in [0.2, 0.25) is 0 Å². The number of thioether (sulfide) groups is 1. The molecule has 0 amide bonds. The molecule has 0 heterocycles. The first-order valence-electron chi connectivity index (χ1n) is 8.87. The van der Waals surface area contributed by atoms with E-state index in [0.717, 1.165) is 16.2 Å². The van der Waals surface area contributed by atoms with Crippen LogP contribution in [0.5, 0.6) is 11.5 Å². The molecule has 3 aromatic rings. The second-order valence-corrected chi connectivity index (χ2v) is 7.32. The minimum absolute atomic E-state index is 0.371. The SMILES string of the molecule is COc1cc(OCC(=O)O)c(C)cc1SCc1ccc(-c2ccccc2)cc1. The van der Waals surface area contributed by atoms with Gasteiger partial charge in [-0.1, -0.05) is 54.6 Å². The number of carbonyl (C=O) groups is 1. The molecular formula is C23H22O4S. The quantitative estimate of drug-likeness (QED) is 0.517. The van der Waals surface area contributed by atoms with E-state index in [2.05, 4.69) is 36.4 Å². The Labute approximate surface area is 169 Å². The van der Waals surface area contributed by atoms with Gasteiger partial charge in [0.15, 0.2) is 6.61 Å². The fourth-order valence-corrected chi connectivity index (χ4v) is 3.85. The van der Waals surface area contributed by atoms with Gasteiger partial charge in [0.05, 0.1) is 12.0 Å². The predicted molar refractivity (Wildman–Crippen MR) is 112 cm³/mol. The molecule has 0 aliphatic heterocycles. The Bertz CT molecular complexity index is 937. The second kappa shape index (κ2) is 9.33. The van der Waals surface area contributed by atoms with Crippen LogP contribution in [0.25, 0.3) is 11.1 Å². The smallest absolute Gasteiger partial charge is 0.341 e. The predicted octanol–water partition coefficient (Wildman–Crippen LogP) is 5.43. The molecule has 0 radical (unpaired) electrons. The maximum atomic E-state index is 10.7. The Balaban J connectivity index is 1.70. The summed E-state index contributed by atoms with van der Waals surface area (Å²) in [5.41, 5.74) is 4.50. The topological polar surface area (TPSA) is 55.8 Å². The Morgan fingerprint density at radius 3 is 2.29 bits per heavy atom. The van der Waals surface area contributed by atoms with Crippen LogP contribution in [-0.2, 0) is 10.5 Å². The van der Waals surface area contributed by atoms with E-state index in [9.17, 15) is 4.79 Å². The van der Waals surface area contributed by atoms with Crippen molar-refractivity contribution >= 4 is 17.7 Å². The highest BCUT2D eigenvalue weighted by atomic mass is 32.2. The van der Waals surface area contributed by atoms with E-state index in [4.69, 9.17) is 14.6 Å². The van der Waals surface area contributed by atoms with Gasteiger partial charge in [-0.2, -0.15) is 0 Å². The monoisotopic (exact) mass is 394 g/mol. The van der Waals surface area contributed by atoms with Gasteiger partial charge in [-0.3, -0.25) is 0 Å². The summed E-state index contributed by atoms with van der Waals surface area (Å²) in [6.07, 6.45) is 0. The number of aryl methyl sites for hydroxylation is 1. The molecule has 0 saturated carbocycles. The van der Waals surface area contributed by atoms with Crippen LogP contribution in [0.4, 0.5) is 0 Å². The van der Waals surface area contributed by atoms with Gasteiger partial charge in [-0.25, -0.2) is 4.79 Å². The molecule has 0 atom stereocenters. The summed E-state index contributed by atoms with van der Waals surface area (Å²) in [5.74, 6) is 1.00. The third-order valence-electron chi connectivity index (χ3n) is 4.27. The van der Waals surface area contributed by atoms with Crippen LogP contribution in [0.3, 0.4) is 0 Å². The maximum absolute atomic E-state index is 10.7. The van der Waals surface area contributed by atoms with Gasteiger partial charge < -0.3 is 14.6 Å². The minimum atomic E-state index is -1.00. The van der Waals surface area contributed by atoms with Crippen LogP contribution >= 0.6 is 11.8 Å². The van der Waals surface area contributed by atoms with Gasteiger partial charge in [-0.15, -0.1) is 11.8 Å². The molecule has 28 heavy (non-hydrogen) atoms. The van der Waals surface area contributed by atoms with Gasteiger partial charge in [0.1, 0.15) is 11.5 Å². The Morgan fingerprint density at radius 1 is 0.964 bits per heavy atom. The van der Waals surface area contributed by atoms with Crippen LogP contribution in [0.15, 0.2) is 71.6 Å². The number of methoxy groups -OCH3 is 1. The van der Waals surface area contributed by atoms with E-state index in [1.165, 1.54) is 16.7 Å². The molecule has 0 unspecified atom stereocenters. The highest BCUT2D eigenvalue weighted by Gasteiger charge is 2.11. The van der Waals surface area contributed by atoms with Crippen molar-refractivity contribution in [2.45, 2.75) is 17.6 Å². The van der Waals surface area contributed by atoms with E-state index >= 15 is 0 Å². The number of hydrogen-bond acceptors (Lipinski definition) is 4. The average Bonchev–Trinajstić information content (AvgIpc) is 2.72. The van der Waals surface area contributed by atoms with Crippen molar-refractivity contribution in [3.05, 3.63) is 77.9 Å². The maximum Gasteiger partial charge on any atom is 0.341 e. The Hall–Kier alpha value is -2.92. The first kappa shape index (κ1) is 19.8. The van der Waals surface area contributed by atoms with Crippen LogP contribution in [0.1, 0.15) is 11.1 Å². The highest BCUT2D eigenvalue weighted by Crippen LogP contribution is 2.37. The standard InChI is InChI=1S/C23H22O4S/c1-16-12-22(21(26-2)13-20(16)27-14-23(24)25)28-15-17-8-10-19(11-9-17)18-6-4-3-5-7-18/h3-13H,14-15H2,1-2H3,(H,24,25). The molecule has 0 aliphatic rings. The van der Waals surface area contributed by atoms with Crippen molar-refractivity contribution in [1.82, 2.24) is 0 Å². The molecule has 5 heteroatoms. The molecule has 1 N–H and O–H groups in total. The lowest BCUT2D eigenvalue weighted by molar-refractivity contribution is -0.139. The minimum Gasteiger partial charge on any atom is -0.495 e. The molecule has 0 saturated heterocycles. The largest absolute Gasteiger partial charge is 0.495 e. The lowest BCUT2D eigenvalue weighted by Crippen LogP contribution is -2.10. The molecule has 3 aromatic carbocycles. The van der Waals surface area contributed by atoms with Crippen LogP contribution in [-0.4, -0.2) is 24.8 Å². The van der Waals surface area contributed by atoms with Gasteiger partial charge in [0.25, 0.3) is 0 Å². The fraction of sp³-hybridized carbons (Fsp3) is 0.174. The average molecular weight is 394 g/mol. The Kier molecular flexibility index (Phi) is 6.61. The highest BCUT2D eigenvalue weighted by molar-refractivity contribution is 7.98. The van der Waals surface area contributed by atoms with Crippen molar-refractivity contribution < 1.29 is 19.4 Å². The van der Waals surface area contributed by atoms with Crippen LogP contribution in [0, 0.1) is 6.92 Å². The molecule has 0 aliphatic carbocycles. The zero-order valence-electron chi connectivity index (χ0n) is 15.8. The van der Waals surface area contributed by atoms with E-state index in [0.29, 0.717) is 11.5 Å². The number of rotatable bonds is 8. The summed E-state index contributed by atoms with van der Waals surface area (Å²) in [6, 6.07) is 22.6. The zero-order chi connectivity index (χ0) is 19.9. The van der Waals surface area contributed by atoms with Gasteiger partial charge in [0, 0.05) is 11.8 Å². The molecule has 4 nitrogen and oxygen atoms in total. The number of benzene rings is 3. The number of carboxylic acids is 1. The van der Waals surface area contributed by atoms with E-state index < -0.39 is 5.97 Å². The van der Waals surface area contributed by atoms with E-state index in [-0.39, 0.29) is 6.61 Å². The summed E-state index contributed by atoms with van der Waals surface area (Å²) in [7, 11) is 1.60. The van der Waals surface area contributed by atoms with Crippen LogP contribution in [0.2, 0.25) is 0 Å². The molecule has 0 fully saturated rings. The molecule has 0 aromatic heterocycles. The van der Waals surface area contributed by atoms with Crippen molar-refractivity contribution in [3.63, 3.8) is 0 Å². The van der Waals surface area contributed by atoms with Crippen molar-refractivity contribution in [1.29, 1.82) is 0 Å². The Morgan fingerprint density at radius 2 is 1.64 bits per heavy atom. The molecule has 0 spiro atoms. The van der Waals surface area contributed by atoms with Crippen LogP contribution < -0.4 is 9.47 Å². The van der Waals surface area contributed by atoms with E-state index in [1.807, 2.05) is 31.2 Å². The van der Waals surface area contributed by atoms with Crippen molar-refractivity contribution in [2.75, 3.05) is 13.7 Å². The van der Waals surface area contributed by atoms with E-state index in [1.54, 1.807) is 24.9 Å². The van der Waals surface area contributed by atoms with Gasteiger partial charge >= 0.3 is 5.97 Å². The number of aliphatic carboxylic acids is 1. The van der Waals surface area contributed by atoms with Crippen molar-refractivity contribution in [3.8, 4) is 22.6 Å². The first-order chi connectivity index (χ1) is 13.6. The first-order valence-corrected chi connectivity index (χ1v) is 9.86. The molecule has 144 valence electrons. The molecule has 3 rings (SSSR count). The number of hydrogen-bond donors (Lipinski definition) is 1. The zero-order valence-corrected chi connectivity index (χ0v) is 16.7.